The van der Waals surface area contributed by atoms with Gasteiger partial charge in [0.05, 0.1) is 16.7 Å². The van der Waals surface area contributed by atoms with Gasteiger partial charge in [0.2, 0.25) is 10.0 Å². The fourth-order valence-electron chi connectivity index (χ4n) is 4.25. The molecular weight excluding hydrogens is 568 g/mol. The van der Waals surface area contributed by atoms with Crippen LogP contribution >= 0.6 is 23.7 Å². The Morgan fingerprint density at radius 3 is 2.27 bits per heavy atom. The van der Waals surface area contributed by atoms with Crippen molar-refractivity contribution < 1.29 is 17.9 Å². The highest BCUT2D eigenvalue weighted by molar-refractivity contribution is 7.89. The number of halogens is 1. The second kappa shape index (κ2) is 14.0. The average molecular weight is 603 g/mol. The zero-order valence-corrected chi connectivity index (χ0v) is 25.6. The maximum absolute atomic E-state index is 13.7. The number of benzene rings is 3. The number of methoxy groups -OCH3 is 1. The van der Waals surface area contributed by atoms with Gasteiger partial charge in [-0.25, -0.2) is 13.4 Å². The summed E-state index contributed by atoms with van der Waals surface area (Å²) in [7, 11) is 1.85. The van der Waals surface area contributed by atoms with Gasteiger partial charge < -0.3 is 9.64 Å². The monoisotopic (exact) mass is 602 g/mol. The summed E-state index contributed by atoms with van der Waals surface area (Å²) in [6, 6.07) is 21.4. The zero-order valence-electron chi connectivity index (χ0n) is 23.1. The number of sulfonamides is 1. The van der Waals surface area contributed by atoms with Crippen molar-refractivity contribution in [3.8, 4) is 5.75 Å². The first-order valence-electron chi connectivity index (χ1n) is 12.8. The minimum absolute atomic E-state index is 0. The summed E-state index contributed by atoms with van der Waals surface area (Å²) < 4.78 is 34.6. The number of para-hydroxylation sites is 1. The van der Waals surface area contributed by atoms with E-state index in [9.17, 15) is 13.2 Å². The van der Waals surface area contributed by atoms with Gasteiger partial charge in [-0.05, 0) is 69.0 Å². The van der Waals surface area contributed by atoms with Crippen LogP contribution in [0.25, 0.3) is 10.2 Å². The topological polar surface area (TPSA) is 83.1 Å². The number of hydrogen-bond acceptors (Lipinski definition) is 7. The lowest BCUT2D eigenvalue weighted by atomic mass is 10.2. The van der Waals surface area contributed by atoms with Crippen LogP contribution in [0.5, 0.6) is 5.75 Å². The van der Waals surface area contributed by atoms with E-state index in [4.69, 9.17) is 9.72 Å². The summed E-state index contributed by atoms with van der Waals surface area (Å²) in [5.74, 6) is 0.425. The highest BCUT2D eigenvalue weighted by Gasteiger charge is 2.26. The molecule has 0 N–H and O–H groups in total. The molecule has 0 unspecified atom stereocenters. The Bertz CT molecular complexity index is 1510. The van der Waals surface area contributed by atoms with Gasteiger partial charge >= 0.3 is 0 Å². The van der Waals surface area contributed by atoms with Crippen molar-refractivity contribution in [2.45, 2.75) is 24.8 Å². The minimum Gasteiger partial charge on any atom is -0.494 e. The first kappa shape index (κ1) is 31.5. The Morgan fingerprint density at radius 1 is 0.950 bits per heavy atom. The first-order chi connectivity index (χ1) is 18.7. The van der Waals surface area contributed by atoms with Crippen LogP contribution in [-0.2, 0) is 16.6 Å². The maximum Gasteiger partial charge on any atom is 0.260 e. The number of nitrogens with zero attached hydrogens (tertiary/aromatic N) is 4. The number of anilines is 1. The van der Waals surface area contributed by atoms with Crippen LogP contribution in [0.3, 0.4) is 0 Å². The molecule has 0 bridgehead atoms. The van der Waals surface area contributed by atoms with E-state index in [0.717, 1.165) is 23.2 Å². The van der Waals surface area contributed by atoms with Crippen LogP contribution in [0.1, 0.15) is 29.3 Å². The van der Waals surface area contributed by atoms with Crippen molar-refractivity contribution in [1.29, 1.82) is 0 Å². The van der Waals surface area contributed by atoms with Gasteiger partial charge in [-0.2, -0.15) is 4.31 Å². The number of carbonyl (C=O) groups is 1. The largest absolute Gasteiger partial charge is 0.494 e. The first-order valence-corrected chi connectivity index (χ1v) is 15.0. The molecule has 0 atom stereocenters. The van der Waals surface area contributed by atoms with E-state index in [1.54, 1.807) is 24.1 Å². The number of hydrogen-bond donors (Lipinski definition) is 0. The van der Waals surface area contributed by atoms with Crippen molar-refractivity contribution in [3.05, 3.63) is 83.9 Å². The standard InChI is InChI=1S/C29H34N4O4S2.ClH/c1-5-32(21-22-11-7-6-8-12-22)39(35,36)24-17-15-23(16-18-24)28(34)33(20-10-19-31(2)3)29-30-27-25(37-4)13-9-14-26(27)38-29;/h6-9,11-18H,5,10,19-21H2,1-4H3;1H. The Labute approximate surface area is 246 Å². The number of thiazole rings is 1. The van der Waals surface area contributed by atoms with Crippen LogP contribution in [0.4, 0.5) is 5.13 Å². The van der Waals surface area contributed by atoms with Crippen molar-refractivity contribution in [3.63, 3.8) is 0 Å². The molecule has 0 aliphatic heterocycles. The molecule has 1 amide bonds. The fraction of sp³-hybridized carbons (Fsp3) is 0.310. The Hall–Kier alpha value is -3.02. The second-order valence-electron chi connectivity index (χ2n) is 9.36. The molecule has 0 saturated carbocycles. The fourth-order valence-corrected chi connectivity index (χ4v) is 6.69. The SMILES string of the molecule is CCN(Cc1ccccc1)S(=O)(=O)c1ccc(C(=O)N(CCCN(C)C)c2nc3c(OC)cccc3s2)cc1.Cl. The third kappa shape index (κ3) is 7.18. The summed E-state index contributed by atoms with van der Waals surface area (Å²) in [5, 5.41) is 0.579. The van der Waals surface area contributed by atoms with Crippen molar-refractivity contribution in [1.82, 2.24) is 14.2 Å². The predicted octanol–water partition coefficient (Wildman–Crippen LogP) is 5.54. The molecule has 0 saturated heterocycles. The third-order valence-electron chi connectivity index (χ3n) is 6.35. The lowest BCUT2D eigenvalue weighted by Crippen LogP contribution is -2.33. The van der Waals surface area contributed by atoms with Gasteiger partial charge in [-0.3, -0.25) is 9.69 Å². The molecule has 8 nitrogen and oxygen atoms in total. The highest BCUT2D eigenvalue weighted by Crippen LogP contribution is 2.35. The van der Waals surface area contributed by atoms with Crippen LogP contribution in [0.2, 0.25) is 0 Å². The molecule has 0 aliphatic rings. The molecule has 40 heavy (non-hydrogen) atoms. The van der Waals surface area contributed by atoms with Crippen LogP contribution < -0.4 is 9.64 Å². The molecule has 1 aromatic heterocycles. The normalized spacial score (nSPS) is 11.6. The number of carbonyl (C=O) groups excluding carboxylic acids is 1. The number of fused-ring (bicyclic) bond motifs is 1. The smallest absolute Gasteiger partial charge is 0.260 e. The van der Waals surface area contributed by atoms with Gasteiger partial charge in [-0.1, -0.05) is 54.7 Å². The van der Waals surface area contributed by atoms with Crippen LogP contribution in [-0.4, -0.2) is 69.4 Å². The van der Waals surface area contributed by atoms with E-state index in [1.165, 1.54) is 27.8 Å². The van der Waals surface area contributed by atoms with Gasteiger partial charge in [0.1, 0.15) is 11.3 Å². The number of rotatable bonds is 12. The van der Waals surface area contributed by atoms with E-state index < -0.39 is 10.0 Å². The lowest BCUT2D eigenvalue weighted by Gasteiger charge is -2.22. The predicted molar refractivity (Wildman–Crippen MR) is 164 cm³/mol. The summed E-state index contributed by atoms with van der Waals surface area (Å²) >= 11 is 1.43. The molecule has 214 valence electrons. The van der Waals surface area contributed by atoms with Gasteiger partial charge in [0.15, 0.2) is 5.13 Å². The Morgan fingerprint density at radius 2 is 1.65 bits per heavy atom. The highest BCUT2D eigenvalue weighted by atomic mass is 35.5. The molecular formula is C29H35ClN4O4S2. The lowest BCUT2D eigenvalue weighted by molar-refractivity contribution is 0.0986. The van der Waals surface area contributed by atoms with Gasteiger partial charge in [-0.15, -0.1) is 12.4 Å². The average Bonchev–Trinajstić information content (AvgIpc) is 3.38. The van der Waals surface area contributed by atoms with Crippen molar-refractivity contribution in [2.75, 3.05) is 45.7 Å². The third-order valence-corrected chi connectivity index (χ3v) is 9.33. The molecule has 0 spiro atoms. The van der Waals surface area contributed by atoms with E-state index >= 15 is 0 Å². The molecule has 4 rings (SSSR count). The van der Waals surface area contributed by atoms with Crippen LogP contribution in [0.15, 0.2) is 77.7 Å². The Kier molecular flexibility index (Phi) is 11.1. The number of ether oxygens (including phenoxy) is 1. The van der Waals surface area contributed by atoms with E-state index in [0.29, 0.717) is 35.1 Å². The van der Waals surface area contributed by atoms with Crippen LogP contribution in [0, 0.1) is 0 Å². The maximum atomic E-state index is 13.7. The number of amides is 1. The van der Waals surface area contributed by atoms with Gasteiger partial charge in [0, 0.05) is 25.2 Å². The van der Waals surface area contributed by atoms with E-state index in [1.807, 2.05) is 69.6 Å². The molecule has 3 aromatic carbocycles. The summed E-state index contributed by atoms with van der Waals surface area (Å²) in [5.41, 5.74) is 2.02. The molecule has 0 fully saturated rings. The summed E-state index contributed by atoms with van der Waals surface area (Å²) in [6.45, 7) is 3.71. The molecule has 11 heteroatoms. The van der Waals surface area contributed by atoms with E-state index in [2.05, 4.69) is 4.90 Å². The molecule has 1 heterocycles. The van der Waals surface area contributed by atoms with Gasteiger partial charge in [0.25, 0.3) is 5.91 Å². The molecule has 0 aliphatic carbocycles. The quantitative estimate of drug-likeness (QED) is 0.212. The zero-order chi connectivity index (χ0) is 28.0. The van der Waals surface area contributed by atoms with Crippen molar-refractivity contribution in [2.24, 2.45) is 0 Å². The summed E-state index contributed by atoms with van der Waals surface area (Å²) in [4.78, 5) is 22.4. The second-order valence-corrected chi connectivity index (χ2v) is 12.3. The molecule has 0 radical (unpaired) electrons. The Balaban J connectivity index is 0.00000441. The van der Waals surface area contributed by atoms with E-state index in [-0.39, 0.29) is 29.8 Å². The minimum atomic E-state index is -3.73. The summed E-state index contributed by atoms with van der Waals surface area (Å²) in [6.07, 6.45) is 0.753. The number of aromatic nitrogens is 1. The van der Waals surface area contributed by atoms with Crippen molar-refractivity contribution >= 4 is 55.0 Å². The molecule has 4 aromatic rings.